The molecule has 7 nitrogen and oxygen atoms in total. The number of benzene rings is 1. The largest absolute Gasteiger partial charge is 0.396 e. The maximum atomic E-state index is 13.8. The smallest absolute Gasteiger partial charge is 0.333 e. The Bertz CT molecular complexity index is 1280. The number of fused-ring (bicyclic) bond motifs is 1. The van der Waals surface area contributed by atoms with Gasteiger partial charge in [0, 0.05) is 59.1 Å². The number of amidine groups is 1. The van der Waals surface area contributed by atoms with E-state index >= 15 is 0 Å². The van der Waals surface area contributed by atoms with E-state index in [0.717, 1.165) is 6.20 Å². The third kappa shape index (κ3) is 4.02. The molecule has 178 valence electrons. The molecule has 5 rings (SSSR count). The van der Waals surface area contributed by atoms with Gasteiger partial charge in [-0.1, -0.05) is 17.7 Å². The first kappa shape index (κ1) is 23.0. The van der Waals surface area contributed by atoms with Gasteiger partial charge in [-0.25, -0.2) is 14.1 Å². The van der Waals surface area contributed by atoms with E-state index in [4.69, 9.17) is 16.6 Å². The van der Waals surface area contributed by atoms with Gasteiger partial charge in [-0.15, -0.1) is 11.3 Å². The van der Waals surface area contributed by atoms with Gasteiger partial charge in [0.05, 0.1) is 17.8 Å². The number of rotatable bonds is 6. The minimum Gasteiger partial charge on any atom is -0.396 e. The lowest BCUT2D eigenvalue weighted by atomic mass is 9.90. The molecule has 0 saturated carbocycles. The highest BCUT2D eigenvalue weighted by Crippen LogP contribution is 2.48. The van der Waals surface area contributed by atoms with Crippen molar-refractivity contribution in [2.24, 2.45) is 4.99 Å². The van der Waals surface area contributed by atoms with E-state index in [0.29, 0.717) is 32.4 Å². The lowest BCUT2D eigenvalue weighted by molar-refractivity contribution is 0.0300. The predicted molar refractivity (Wildman–Crippen MR) is 121 cm³/mol. The normalized spacial score (nSPS) is 22.5. The maximum absolute atomic E-state index is 13.8. The first-order chi connectivity index (χ1) is 16.3. The van der Waals surface area contributed by atoms with Crippen LogP contribution in [0.3, 0.4) is 0 Å². The Hall–Kier alpha value is -2.73. The van der Waals surface area contributed by atoms with Gasteiger partial charge < -0.3 is 15.1 Å². The molecule has 1 fully saturated rings. The van der Waals surface area contributed by atoms with Gasteiger partial charge in [-0.05, 0) is 18.2 Å². The number of hydrogen-bond donors (Lipinski definition) is 2. The second-order valence-corrected chi connectivity index (χ2v) is 9.44. The fourth-order valence-electron chi connectivity index (χ4n) is 4.42. The summed E-state index contributed by atoms with van der Waals surface area (Å²) in [6.07, 6.45) is 3.03. The molecule has 0 bridgehead atoms. The standard InChI is InChI=1S/C22H19ClF3N5O2S/c23-14-9-12(24)1-2-13(14)18-17(15-3-6-31(29-15)21(25)26)16-10-22(33,4-7-32)11-30(16)19(28-18)20-27-5-8-34-20/h1-3,5-6,8-9,18,21,32-33H,4,7,10-11H2/t18-,22-/m0/s1. The fraction of sp³-hybridized carbons (Fsp3) is 0.318. The van der Waals surface area contributed by atoms with Gasteiger partial charge in [0.1, 0.15) is 11.9 Å². The molecule has 4 heterocycles. The number of halogens is 4. The Balaban J connectivity index is 1.74. The second-order valence-electron chi connectivity index (χ2n) is 8.14. The number of aliphatic hydroxyl groups excluding tert-OH is 1. The van der Waals surface area contributed by atoms with Crippen molar-refractivity contribution in [2.75, 3.05) is 13.2 Å². The molecule has 0 unspecified atom stereocenters. The molecule has 2 aromatic heterocycles. The highest BCUT2D eigenvalue weighted by molar-refractivity contribution is 7.11. The summed E-state index contributed by atoms with van der Waals surface area (Å²) in [6.45, 7) is -2.94. The summed E-state index contributed by atoms with van der Waals surface area (Å²) in [5.41, 5.74) is 0.507. The van der Waals surface area contributed by atoms with E-state index in [9.17, 15) is 23.4 Å². The Morgan fingerprint density at radius 3 is 2.76 bits per heavy atom. The zero-order valence-electron chi connectivity index (χ0n) is 17.6. The van der Waals surface area contributed by atoms with Gasteiger partial charge in [-0.3, -0.25) is 4.99 Å². The minimum absolute atomic E-state index is 0.110. The average Bonchev–Trinajstić information content (AvgIpc) is 3.53. The van der Waals surface area contributed by atoms with E-state index in [1.165, 1.54) is 35.6 Å². The second kappa shape index (κ2) is 8.81. The highest BCUT2D eigenvalue weighted by Gasteiger charge is 2.46. The van der Waals surface area contributed by atoms with Gasteiger partial charge in [-0.2, -0.15) is 13.9 Å². The molecule has 2 N–H and O–H groups in total. The van der Waals surface area contributed by atoms with Crippen LogP contribution in [0.2, 0.25) is 5.02 Å². The van der Waals surface area contributed by atoms with Crippen LogP contribution < -0.4 is 0 Å². The van der Waals surface area contributed by atoms with Gasteiger partial charge >= 0.3 is 6.55 Å². The number of alkyl halides is 2. The van der Waals surface area contributed by atoms with Crippen LogP contribution in [0.5, 0.6) is 0 Å². The summed E-state index contributed by atoms with van der Waals surface area (Å²) in [5, 5.41) is 27.3. The third-order valence-electron chi connectivity index (χ3n) is 5.91. The van der Waals surface area contributed by atoms with Crippen LogP contribution in [0.15, 0.2) is 52.7 Å². The molecule has 0 aliphatic carbocycles. The third-order valence-corrected chi connectivity index (χ3v) is 7.00. The summed E-state index contributed by atoms with van der Waals surface area (Å²) in [7, 11) is 0. The molecule has 0 spiro atoms. The number of aliphatic imine (C=N–C) groups is 1. The van der Waals surface area contributed by atoms with E-state index in [1.54, 1.807) is 16.5 Å². The molecular formula is C22H19ClF3N5O2S. The van der Waals surface area contributed by atoms with Crippen molar-refractivity contribution in [3.8, 4) is 0 Å². The van der Waals surface area contributed by atoms with Crippen LogP contribution >= 0.6 is 22.9 Å². The Morgan fingerprint density at radius 2 is 2.12 bits per heavy atom. The van der Waals surface area contributed by atoms with Crippen molar-refractivity contribution in [3.63, 3.8) is 0 Å². The van der Waals surface area contributed by atoms with Crippen molar-refractivity contribution < 1.29 is 23.4 Å². The molecule has 0 radical (unpaired) electrons. The Labute approximate surface area is 201 Å². The zero-order chi connectivity index (χ0) is 24.0. The van der Waals surface area contributed by atoms with Crippen LogP contribution in [0, 0.1) is 5.82 Å². The molecule has 12 heteroatoms. The first-order valence-corrected chi connectivity index (χ1v) is 11.7. The number of nitrogens with zero attached hydrogens (tertiary/aromatic N) is 5. The van der Waals surface area contributed by atoms with Crippen LogP contribution in [-0.4, -0.2) is 54.5 Å². The van der Waals surface area contributed by atoms with Crippen molar-refractivity contribution in [1.29, 1.82) is 0 Å². The molecule has 1 aromatic carbocycles. The zero-order valence-corrected chi connectivity index (χ0v) is 19.1. The monoisotopic (exact) mass is 509 g/mol. The first-order valence-electron chi connectivity index (χ1n) is 10.4. The summed E-state index contributed by atoms with van der Waals surface area (Å²) in [6, 6.07) is 4.56. The van der Waals surface area contributed by atoms with Crippen molar-refractivity contribution in [1.82, 2.24) is 19.7 Å². The van der Waals surface area contributed by atoms with Crippen molar-refractivity contribution in [2.45, 2.75) is 31.0 Å². The average molecular weight is 510 g/mol. The molecule has 1 saturated heterocycles. The lowest BCUT2D eigenvalue weighted by Gasteiger charge is -2.32. The van der Waals surface area contributed by atoms with Crippen molar-refractivity contribution in [3.05, 3.63) is 74.8 Å². The van der Waals surface area contributed by atoms with E-state index < -0.39 is 24.0 Å². The Kier molecular flexibility index (Phi) is 5.96. The highest BCUT2D eigenvalue weighted by atomic mass is 35.5. The van der Waals surface area contributed by atoms with Crippen LogP contribution in [0.1, 0.15) is 41.7 Å². The number of aliphatic hydroxyl groups is 2. The number of thiazole rings is 1. The van der Waals surface area contributed by atoms with Crippen LogP contribution in [0.25, 0.3) is 5.57 Å². The van der Waals surface area contributed by atoms with Gasteiger partial charge in [0.25, 0.3) is 0 Å². The molecular weight excluding hydrogens is 491 g/mol. The maximum Gasteiger partial charge on any atom is 0.333 e. The molecule has 0 amide bonds. The van der Waals surface area contributed by atoms with Gasteiger partial charge in [0.15, 0.2) is 10.8 Å². The van der Waals surface area contributed by atoms with E-state index in [2.05, 4.69) is 10.1 Å². The SMILES string of the molecule is OCC[C@]1(O)CC2=C(c3ccn(C(F)F)n3)[C@H](c3ccc(F)cc3Cl)N=C(c3nccs3)N2C1. The molecule has 34 heavy (non-hydrogen) atoms. The van der Waals surface area contributed by atoms with Crippen LogP contribution in [0.4, 0.5) is 13.2 Å². The van der Waals surface area contributed by atoms with E-state index in [1.807, 2.05) is 0 Å². The minimum atomic E-state index is -2.84. The molecule has 2 atom stereocenters. The summed E-state index contributed by atoms with van der Waals surface area (Å²) in [5.74, 6) is -0.0500. The van der Waals surface area contributed by atoms with Crippen molar-refractivity contribution >= 4 is 34.3 Å². The topological polar surface area (TPSA) is 86.8 Å². The fourth-order valence-corrected chi connectivity index (χ4v) is 5.33. The lowest BCUT2D eigenvalue weighted by Crippen LogP contribution is -2.38. The quantitative estimate of drug-likeness (QED) is 0.518. The summed E-state index contributed by atoms with van der Waals surface area (Å²) in [4.78, 5) is 11.0. The van der Waals surface area contributed by atoms with Gasteiger partial charge in [0.2, 0.25) is 0 Å². The molecule has 2 aliphatic rings. The number of aromatic nitrogens is 3. The van der Waals surface area contributed by atoms with E-state index in [-0.39, 0.29) is 36.7 Å². The predicted octanol–water partition coefficient (Wildman–Crippen LogP) is 4.26. The summed E-state index contributed by atoms with van der Waals surface area (Å²) < 4.78 is 41.0. The molecule has 3 aromatic rings. The molecule has 2 aliphatic heterocycles. The van der Waals surface area contributed by atoms with Crippen LogP contribution in [-0.2, 0) is 0 Å². The number of hydrogen-bond acceptors (Lipinski definition) is 7. The summed E-state index contributed by atoms with van der Waals surface area (Å²) >= 11 is 7.76. The Morgan fingerprint density at radius 1 is 1.29 bits per heavy atom.